The van der Waals surface area contributed by atoms with Gasteiger partial charge < -0.3 is 10.1 Å². The lowest BCUT2D eigenvalue weighted by Crippen LogP contribution is -2.18. The molecule has 0 bridgehead atoms. The van der Waals surface area contributed by atoms with Gasteiger partial charge in [-0.1, -0.05) is 11.6 Å². The largest absolute Gasteiger partial charge is 0.385 e. The second kappa shape index (κ2) is 5.33. The molecule has 1 N–H and O–H groups in total. The SMILES string of the molecule is COCCC1(CNc2nc(Cl)nnc2Cl)CC1. The highest BCUT2D eigenvalue weighted by atomic mass is 35.5. The summed E-state index contributed by atoms with van der Waals surface area (Å²) in [7, 11) is 1.72. The Balaban J connectivity index is 1.91. The molecule has 5 nitrogen and oxygen atoms in total. The first-order chi connectivity index (χ1) is 8.15. The van der Waals surface area contributed by atoms with E-state index in [0.717, 1.165) is 19.6 Å². The summed E-state index contributed by atoms with van der Waals surface area (Å²) in [6.45, 7) is 1.59. The summed E-state index contributed by atoms with van der Waals surface area (Å²) in [6.07, 6.45) is 3.45. The predicted octanol–water partition coefficient (Wildman–Crippen LogP) is 2.41. The summed E-state index contributed by atoms with van der Waals surface area (Å²) in [5.41, 5.74) is 0.316. The fraction of sp³-hybridized carbons (Fsp3) is 0.700. The Morgan fingerprint density at radius 3 is 2.76 bits per heavy atom. The van der Waals surface area contributed by atoms with E-state index in [9.17, 15) is 0 Å². The number of aromatic nitrogens is 3. The molecule has 1 aliphatic rings. The van der Waals surface area contributed by atoms with Gasteiger partial charge in [-0.05, 0) is 36.3 Å². The first-order valence-electron chi connectivity index (χ1n) is 5.44. The van der Waals surface area contributed by atoms with Crippen LogP contribution in [0.5, 0.6) is 0 Å². The van der Waals surface area contributed by atoms with E-state index in [4.69, 9.17) is 27.9 Å². The fourth-order valence-electron chi connectivity index (χ4n) is 1.69. The Labute approximate surface area is 110 Å². The number of ether oxygens (including phenoxy) is 1. The molecule has 1 heterocycles. The number of nitrogens with one attached hydrogen (secondary N) is 1. The second-order valence-corrected chi connectivity index (χ2v) is 5.01. The third-order valence-electron chi connectivity index (χ3n) is 3.04. The minimum atomic E-state index is 0.0960. The van der Waals surface area contributed by atoms with Crippen molar-refractivity contribution in [3.05, 3.63) is 10.4 Å². The second-order valence-electron chi connectivity index (χ2n) is 4.32. The molecule has 1 aromatic rings. The lowest BCUT2D eigenvalue weighted by Gasteiger charge is -2.15. The van der Waals surface area contributed by atoms with Crippen molar-refractivity contribution in [2.24, 2.45) is 5.41 Å². The fourth-order valence-corrected chi connectivity index (χ4v) is 1.96. The number of hydrogen-bond acceptors (Lipinski definition) is 5. The van der Waals surface area contributed by atoms with Gasteiger partial charge in [0.15, 0.2) is 11.0 Å². The molecule has 0 aromatic carbocycles. The van der Waals surface area contributed by atoms with Crippen LogP contribution in [-0.4, -0.2) is 35.4 Å². The molecular formula is C10H14Cl2N4O. The van der Waals surface area contributed by atoms with Gasteiger partial charge in [-0.25, -0.2) is 0 Å². The van der Waals surface area contributed by atoms with E-state index in [1.165, 1.54) is 12.8 Å². The van der Waals surface area contributed by atoms with E-state index < -0.39 is 0 Å². The topological polar surface area (TPSA) is 59.9 Å². The van der Waals surface area contributed by atoms with E-state index in [1.807, 2.05) is 0 Å². The number of hydrogen-bond donors (Lipinski definition) is 1. The molecule has 0 unspecified atom stereocenters. The molecule has 94 valence electrons. The number of halogens is 2. The van der Waals surface area contributed by atoms with Gasteiger partial charge in [0.1, 0.15) is 0 Å². The van der Waals surface area contributed by atoms with Crippen LogP contribution < -0.4 is 5.32 Å². The van der Waals surface area contributed by atoms with Crippen molar-refractivity contribution in [3.63, 3.8) is 0 Å². The van der Waals surface area contributed by atoms with E-state index in [-0.39, 0.29) is 10.4 Å². The van der Waals surface area contributed by atoms with Crippen LogP contribution in [0.2, 0.25) is 10.4 Å². The van der Waals surface area contributed by atoms with E-state index in [0.29, 0.717) is 11.2 Å². The van der Waals surface area contributed by atoms with Crippen molar-refractivity contribution in [1.29, 1.82) is 0 Å². The van der Waals surface area contributed by atoms with E-state index in [2.05, 4.69) is 20.5 Å². The smallest absolute Gasteiger partial charge is 0.245 e. The average Bonchev–Trinajstić information content (AvgIpc) is 3.09. The first-order valence-corrected chi connectivity index (χ1v) is 6.19. The van der Waals surface area contributed by atoms with Crippen LogP contribution in [0.3, 0.4) is 0 Å². The van der Waals surface area contributed by atoms with Gasteiger partial charge in [0.05, 0.1) is 0 Å². The molecule has 0 radical (unpaired) electrons. The molecule has 0 spiro atoms. The number of rotatable bonds is 6. The third-order valence-corrected chi connectivity index (χ3v) is 3.46. The van der Waals surface area contributed by atoms with Crippen LogP contribution in [0.25, 0.3) is 0 Å². The van der Waals surface area contributed by atoms with Crippen LogP contribution in [0, 0.1) is 5.41 Å². The average molecular weight is 277 g/mol. The Morgan fingerprint density at radius 2 is 2.12 bits per heavy atom. The van der Waals surface area contributed by atoms with Gasteiger partial charge in [-0.3, -0.25) is 0 Å². The number of methoxy groups -OCH3 is 1. The third kappa shape index (κ3) is 3.40. The van der Waals surface area contributed by atoms with Gasteiger partial charge in [-0.2, -0.15) is 4.98 Å². The lowest BCUT2D eigenvalue weighted by atomic mass is 10.0. The van der Waals surface area contributed by atoms with Crippen LogP contribution in [0.15, 0.2) is 0 Å². The van der Waals surface area contributed by atoms with Crippen LogP contribution in [0.4, 0.5) is 5.82 Å². The maximum atomic E-state index is 5.87. The van der Waals surface area contributed by atoms with Gasteiger partial charge >= 0.3 is 0 Å². The van der Waals surface area contributed by atoms with Crippen LogP contribution in [-0.2, 0) is 4.74 Å². The Bertz CT molecular complexity index is 398. The van der Waals surface area contributed by atoms with E-state index >= 15 is 0 Å². The molecule has 17 heavy (non-hydrogen) atoms. The van der Waals surface area contributed by atoms with Crippen molar-refractivity contribution < 1.29 is 4.74 Å². The molecule has 0 aliphatic heterocycles. The molecule has 1 fully saturated rings. The summed E-state index contributed by atoms with van der Waals surface area (Å²) in [6, 6.07) is 0. The minimum Gasteiger partial charge on any atom is -0.385 e. The van der Waals surface area contributed by atoms with Gasteiger partial charge in [-0.15, -0.1) is 10.2 Å². The van der Waals surface area contributed by atoms with Crippen molar-refractivity contribution in [2.75, 3.05) is 25.6 Å². The molecule has 7 heteroatoms. The van der Waals surface area contributed by atoms with Crippen molar-refractivity contribution in [2.45, 2.75) is 19.3 Å². The highest BCUT2D eigenvalue weighted by Gasteiger charge is 2.41. The minimum absolute atomic E-state index is 0.0960. The number of anilines is 1. The molecule has 1 saturated carbocycles. The van der Waals surface area contributed by atoms with Crippen molar-refractivity contribution >= 4 is 29.0 Å². The number of nitrogens with zero attached hydrogens (tertiary/aromatic N) is 3. The summed E-state index contributed by atoms with van der Waals surface area (Å²) < 4.78 is 5.10. The highest BCUT2D eigenvalue weighted by molar-refractivity contribution is 6.32. The standard InChI is InChI=1S/C10H14Cl2N4O/c1-17-5-4-10(2-3-10)6-13-8-7(11)15-16-9(12)14-8/h2-6H2,1H3,(H,13,14,16). The van der Waals surface area contributed by atoms with Crippen LogP contribution >= 0.6 is 23.2 Å². The first kappa shape index (κ1) is 12.8. The summed E-state index contributed by atoms with van der Waals surface area (Å²) in [4.78, 5) is 4.00. The highest BCUT2D eigenvalue weighted by Crippen LogP contribution is 2.48. The van der Waals surface area contributed by atoms with Gasteiger partial charge in [0, 0.05) is 20.3 Å². The maximum Gasteiger partial charge on any atom is 0.245 e. The molecule has 1 aromatic heterocycles. The normalized spacial score (nSPS) is 16.9. The zero-order valence-electron chi connectivity index (χ0n) is 9.54. The molecular weight excluding hydrogens is 263 g/mol. The molecule has 0 atom stereocenters. The molecule has 1 aliphatic carbocycles. The Morgan fingerprint density at radius 1 is 1.35 bits per heavy atom. The van der Waals surface area contributed by atoms with Gasteiger partial charge in [0.25, 0.3) is 0 Å². The van der Waals surface area contributed by atoms with Crippen LogP contribution in [0.1, 0.15) is 19.3 Å². The molecule has 2 rings (SSSR count). The Kier molecular flexibility index (Phi) is 4.01. The quantitative estimate of drug-likeness (QED) is 0.865. The zero-order chi connectivity index (χ0) is 12.3. The summed E-state index contributed by atoms with van der Waals surface area (Å²) in [5, 5.41) is 10.8. The zero-order valence-corrected chi connectivity index (χ0v) is 11.1. The lowest BCUT2D eigenvalue weighted by molar-refractivity contribution is 0.175. The van der Waals surface area contributed by atoms with Crippen molar-refractivity contribution in [1.82, 2.24) is 15.2 Å². The monoisotopic (exact) mass is 276 g/mol. The predicted molar refractivity (Wildman–Crippen MR) is 66.5 cm³/mol. The van der Waals surface area contributed by atoms with Gasteiger partial charge in [0.2, 0.25) is 5.28 Å². The molecule has 0 amide bonds. The van der Waals surface area contributed by atoms with E-state index in [1.54, 1.807) is 7.11 Å². The maximum absolute atomic E-state index is 5.87. The summed E-state index contributed by atoms with van der Waals surface area (Å²) >= 11 is 11.5. The van der Waals surface area contributed by atoms with Crippen molar-refractivity contribution in [3.8, 4) is 0 Å². The molecule has 0 saturated heterocycles. The summed E-state index contributed by atoms with van der Waals surface area (Å²) in [5.74, 6) is 0.496. The Hall–Kier alpha value is -0.650.